The summed E-state index contributed by atoms with van der Waals surface area (Å²) in [6.07, 6.45) is 4.27. The molecule has 0 spiro atoms. The van der Waals surface area contributed by atoms with Gasteiger partial charge in [0.05, 0.1) is 21.4 Å². The summed E-state index contributed by atoms with van der Waals surface area (Å²) in [5, 5.41) is 4.66. The van der Waals surface area contributed by atoms with Gasteiger partial charge in [0.1, 0.15) is 5.82 Å². The molecule has 1 amide bonds. The molecular weight excluding hydrogens is 487 g/mol. The van der Waals surface area contributed by atoms with Crippen LogP contribution in [-0.2, 0) is 20.2 Å². The highest BCUT2D eigenvalue weighted by atomic mass is 35.5. The molecule has 7 nitrogen and oxygen atoms in total. The number of hydrogen-bond acceptors (Lipinski definition) is 6. The Labute approximate surface area is 200 Å². The second-order valence-corrected chi connectivity index (χ2v) is 11.7. The van der Waals surface area contributed by atoms with Gasteiger partial charge >= 0.3 is 0 Å². The summed E-state index contributed by atoms with van der Waals surface area (Å²) in [6, 6.07) is 4.80. The number of nitrogens with zero attached hydrogens (tertiary/aromatic N) is 2. The van der Waals surface area contributed by atoms with Crippen LogP contribution in [0.4, 0.5) is 15.2 Å². The lowest BCUT2D eigenvalue weighted by atomic mass is 9.88. The summed E-state index contributed by atoms with van der Waals surface area (Å²) in [5.74, 6) is -0.885. The minimum absolute atomic E-state index is 0.222. The van der Waals surface area contributed by atoms with Crippen molar-refractivity contribution in [1.29, 1.82) is 0 Å². The van der Waals surface area contributed by atoms with Crippen LogP contribution >= 0.6 is 22.9 Å². The van der Waals surface area contributed by atoms with E-state index in [0.717, 1.165) is 11.3 Å². The predicted octanol–water partition coefficient (Wildman–Crippen LogP) is 5.13. The molecule has 0 unspecified atom stereocenters. The molecule has 1 aliphatic rings. The smallest absolute Gasteiger partial charge is 0.237 e. The highest BCUT2D eigenvalue weighted by Gasteiger charge is 2.37. The van der Waals surface area contributed by atoms with Gasteiger partial charge in [-0.1, -0.05) is 11.6 Å². The van der Waals surface area contributed by atoms with Crippen molar-refractivity contribution < 1.29 is 17.6 Å². The first-order chi connectivity index (χ1) is 15.5. The first kappa shape index (κ1) is 23.6. The molecule has 0 saturated heterocycles. The standard InChI is InChI=1S/C22H22ClFN4O3S2/c1-12-17(7-6-16(19(12)24)13-8-14(23)10-25-9-13)26-20(29)22(2,3)18-11-32-21(27-18)28-33(30,31)15-4-5-15/h6-11,15H,4-5H2,1-3H3,(H,26,29)(H,27,28). The van der Waals surface area contributed by atoms with Crippen LogP contribution in [0.3, 0.4) is 0 Å². The topological polar surface area (TPSA) is 101 Å². The zero-order chi connectivity index (χ0) is 24.0. The molecule has 3 aromatic rings. The van der Waals surface area contributed by atoms with Crippen LogP contribution in [0.5, 0.6) is 0 Å². The third-order valence-corrected chi connectivity index (χ3v) is 8.48. The van der Waals surface area contributed by atoms with E-state index in [-0.39, 0.29) is 15.9 Å². The van der Waals surface area contributed by atoms with E-state index in [1.165, 1.54) is 12.4 Å². The normalized spacial score (nSPS) is 14.2. The van der Waals surface area contributed by atoms with E-state index in [9.17, 15) is 13.2 Å². The Hall–Kier alpha value is -2.56. The van der Waals surface area contributed by atoms with Crippen molar-refractivity contribution in [3.05, 3.63) is 58.1 Å². The van der Waals surface area contributed by atoms with E-state index in [1.807, 2.05) is 0 Å². The molecule has 0 atom stereocenters. The number of thiazole rings is 1. The van der Waals surface area contributed by atoms with Gasteiger partial charge < -0.3 is 5.32 Å². The molecule has 174 valence electrons. The fourth-order valence-electron chi connectivity index (χ4n) is 3.19. The number of pyridine rings is 1. The summed E-state index contributed by atoms with van der Waals surface area (Å²) in [7, 11) is -3.44. The highest BCUT2D eigenvalue weighted by molar-refractivity contribution is 7.93. The second kappa shape index (κ2) is 8.66. The predicted molar refractivity (Wildman–Crippen MR) is 129 cm³/mol. The minimum atomic E-state index is -3.44. The number of carbonyl (C=O) groups is 1. The molecule has 1 fully saturated rings. The number of anilines is 2. The Kier molecular flexibility index (Phi) is 6.19. The highest BCUT2D eigenvalue weighted by Crippen LogP contribution is 2.34. The Morgan fingerprint density at radius 2 is 2.00 bits per heavy atom. The Balaban J connectivity index is 1.53. The maximum atomic E-state index is 15.1. The molecule has 2 heterocycles. The second-order valence-electron chi connectivity index (χ2n) is 8.45. The maximum absolute atomic E-state index is 15.1. The molecule has 1 aromatic carbocycles. The van der Waals surface area contributed by atoms with E-state index in [1.54, 1.807) is 44.4 Å². The van der Waals surface area contributed by atoms with Crippen LogP contribution < -0.4 is 10.0 Å². The van der Waals surface area contributed by atoms with E-state index in [4.69, 9.17) is 11.6 Å². The average molecular weight is 509 g/mol. The molecule has 1 saturated carbocycles. The van der Waals surface area contributed by atoms with Gasteiger partial charge in [-0.25, -0.2) is 17.8 Å². The molecule has 33 heavy (non-hydrogen) atoms. The van der Waals surface area contributed by atoms with Crippen molar-refractivity contribution in [3.8, 4) is 11.1 Å². The zero-order valence-corrected chi connectivity index (χ0v) is 20.5. The van der Waals surface area contributed by atoms with Crippen molar-refractivity contribution in [1.82, 2.24) is 9.97 Å². The molecule has 0 bridgehead atoms. The number of rotatable bonds is 7. The fraction of sp³-hybridized carbons (Fsp3) is 0.318. The Morgan fingerprint density at radius 3 is 2.67 bits per heavy atom. The van der Waals surface area contributed by atoms with Crippen LogP contribution in [0.2, 0.25) is 5.02 Å². The summed E-state index contributed by atoms with van der Waals surface area (Å²) in [6.45, 7) is 4.93. The van der Waals surface area contributed by atoms with Gasteiger partial charge in [-0.15, -0.1) is 11.3 Å². The number of carbonyl (C=O) groups excluding carboxylic acids is 1. The number of halogens is 2. The van der Waals surface area contributed by atoms with Gasteiger partial charge in [0.2, 0.25) is 15.9 Å². The number of hydrogen-bond donors (Lipinski definition) is 2. The number of sulfonamides is 1. The summed E-state index contributed by atoms with van der Waals surface area (Å²) in [5.41, 5.74) is 0.787. The summed E-state index contributed by atoms with van der Waals surface area (Å²) >= 11 is 7.09. The van der Waals surface area contributed by atoms with Crippen molar-refractivity contribution in [2.45, 2.75) is 44.3 Å². The van der Waals surface area contributed by atoms with E-state index in [0.29, 0.717) is 40.4 Å². The lowest BCUT2D eigenvalue weighted by Crippen LogP contribution is -2.35. The molecule has 4 rings (SSSR count). The molecule has 0 aliphatic heterocycles. The summed E-state index contributed by atoms with van der Waals surface area (Å²) in [4.78, 5) is 21.4. The van der Waals surface area contributed by atoms with Gasteiger partial charge in [0, 0.05) is 40.2 Å². The minimum Gasteiger partial charge on any atom is -0.325 e. The molecule has 0 radical (unpaired) electrons. The van der Waals surface area contributed by atoms with Gasteiger partial charge in [-0.05, 0) is 51.8 Å². The van der Waals surface area contributed by atoms with Gasteiger partial charge in [-0.2, -0.15) is 0 Å². The molecule has 1 aliphatic carbocycles. The van der Waals surface area contributed by atoms with Crippen LogP contribution in [0.1, 0.15) is 37.9 Å². The molecule has 2 N–H and O–H groups in total. The van der Waals surface area contributed by atoms with Crippen molar-refractivity contribution in [2.24, 2.45) is 0 Å². The fourth-order valence-corrected chi connectivity index (χ4v) is 5.84. The van der Waals surface area contributed by atoms with Crippen molar-refractivity contribution in [2.75, 3.05) is 10.0 Å². The van der Waals surface area contributed by atoms with Crippen molar-refractivity contribution >= 4 is 49.7 Å². The van der Waals surface area contributed by atoms with Crippen LogP contribution in [0.15, 0.2) is 36.0 Å². The Morgan fingerprint density at radius 1 is 1.27 bits per heavy atom. The number of nitrogens with one attached hydrogen (secondary N) is 2. The zero-order valence-electron chi connectivity index (χ0n) is 18.1. The van der Waals surface area contributed by atoms with E-state index in [2.05, 4.69) is 20.0 Å². The van der Waals surface area contributed by atoms with E-state index >= 15 is 4.39 Å². The SMILES string of the molecule is Cc1c(NC(=O)C(C)(C)c2csc(NS(=O)(=O)C3CC3)n2)ccc(-c2cncc(Cl)c2)c1F. The molecular formula is C22H22ClFN4O3S2. The lowest BCUT2D eigenvalue weighted by molar-refractivity contribution is -0.120. The quantitative estimate of drug-likeness (QED) is 0.461. The molecule has 2 aromatic heterocycles. The van der Waals surface area contributed by atoms with E-state index < -0.39 is 27.2 Å². The number of aromatic nitrogens is 2. The first-order valence-corrected chi connectivity index (χ1v) is 13.0. The lowest BCUT2D eigenvalue weighted by Gasteiger charge is -2.22. The Bertz CT molecular complexity index is 1340. The van der Waals surface area contributed by atoms with Crippen LogP contribution in [0.25, 0.3) is 11.1 Å². The van der Waals surface area contributed by atoms with Gasteiger partial charge in [-0.3, -0.25) is 14.5 Å². The first-order valence-electron chi connectivity index (χ1n) is 10.2. The largest absolute Gasteiger partial charge is 0.325 e. The van der Waals surface area contributed by atoms with Crippen LogP contribution in [-0.4, -0.2) is 29.5 Å². The van der Waals surface area contributed by atoms with Gasteiger partial charge in [0.15, 0.2) is 5.13 Å². The monoisotopic (exact) mass is 508 g/mol. The average Bonchev–Trinajstić information content (AvgIpc) is 3.52. The third kappa shape index (κ3) is 4.87. The molecule has 11 heteroatoms. The third-order valence-electron chi connectivity index (χ3n) is 5.56. The van der Waals surface area contributed by atoms with Gasteiger partial charge in [0.25, 0.3) is 0 Å². The van der Waals surface area contributed by atoms with Crippen molar-refractivity contribution in [3.63, 3.8) is 0 Å². The summed E-state index contributed by atoms with van der Waals surface area (Å²) < 4.78 is 41.9. The number of amides is 1. The maximum Gasteiger partial charge on any atom is 0.237 e. The van der Waals surface area contributed by atoms with Crippen LogP contribution in [0, 0.1) is 12.7 Å². The number of benzene rings is 1.